The second kappa shape index (κ2) is 10.1. The van der Waals surface area contributed by atoms with E-state index in [1.165, 1.54) is 0 Å². The van der Waals surface area contributed by atoms with Crippen molar-refractivity contribution in [2.75, 3.05) is 23.7 Å². The van der Waals surface area contributed by atoms with Crippen molar-refractivity contribution < 1.29 is 9.59 Å². The maximum Gasteiger partial charge on any atom is 0.235 e. The zero-order valence-electron chi connectivity index (χ0n) is 18.7. The molecule has 0 aliphatic carbocycles. The Labute approximate surface area is 199 Å². The SMILES string of the molecule is CC(=O)N1CCC(C(=O)Nc2ccc(NCc3ccccc3)c(Cl)c2)(c2ccccc2)CC1. The van der Waals surface area contributed by atoms with Crippen LogP contribution in [0.1, 0.15) is 30.9 Å². The number of piperidine rings is 1. The van der Waals surface area contributed by atoms with E-state index in [-0.39, 0.29) is 11.8 Å². The summed E-state index contributed by atoms with van der Waals surface area (Å²) in [5.41, 5.74) is 2.90. The van der Waals surface area contributed by atoms with E-state index < -0.39 is 5.41 Å². The number of anilines is 2. The first-order valence-electron chi connectivity index (χ1n) is 11.2. The molecule has 0 atom stereocenters. The Morgan fingerprint density at radius 1 is 0.939 bits per heavy atom. The van der Waals surface area contributed by atoms with E-state index in [1.807, 2.05) is 60.7 Å². The van der Waals surface area contributed by atoms with Gasteiger partial charge in [-0.25, -0.2) is 0 Å². The summed E-state index contributed by atoms with van der Waals surface area (Å²) in [6.45, 7) is 3.35. The molecule has 1 aliphatic heterocycles. The van der Waals surface area contributed by atoms with Crippen LogP contribution in [-0.4, -0.2) is 29.8 Å². The van der Waals surface area contributed by atoms with Gasteiger partial charge >= 0.3 is 0 Å². The molecule has 5 nitrogen and oxygen atoms in total. The van der Waals surface area contributed by atoms with Gasteiger partial charge in [0.05, 0.1) is 16.1 Å². The van der Waals surface area contributed by atoms with Crippen LogP contribution in [0.5, 0.6) is 0 Å². The molecule has 1 aliphatic rings. The van der Waals surface area contributed by atoms with E-state index in [0.717, 1.165) is 16.8 Å². The number of halogens is 1. The number of nitrogens with one attached hydrogen (secondary N) is 2. The molecule has 4 rings (SSSR count). The number of nitrogens with zero attached hydrogens (tertiary/aromatic N) is 1. The summed E-state index contributed by atoms with van der Waals surface area (Å²) in [6.07, 6.45) is 1.15. The van der Waals surface area contributed by atoms with Crippen molar-refractivity contribution in [3.63, 3.8) is 0 Å². The van der Waals surface area contributed by atoms with Crippen LogP contribution in [0.25, 0.3) is 0 Å². The van der Waals surface area contributed by atoms with Gasteiger partial charge in [0.25, 0.3) is 0 Å². The molecule has 6 heteroatoms. The molecule has 2 N–H and O–H groups in total. The third-order valence-corrected chi connectivity index (χ3v) is 6.69. The van der Waals surface area contributed by atoms with Crippen molar-refractivity contribution in [1.82, 2.24) is 4.90 Å². The third kappa shape index (κ3) is 5.20. The Balaban J connectivity index is 1.50. The fraction of sp³-hybridized carbons (Fsp3) is 0.259. The Bertz CT molecular complexity index is 1110. The van der Waals surface area contributed by atoms with Crippen LogP contribution in [0.2, 0.25) is 5.02 Å². The first kappa shape index (κ1) is 22.9. The van der Waals surface area contributed by atoms with Gasteiger partial charge in [-0.05, 0) is 42.2 Å². The number of amides is 2. The highest BCUT2D eigenvalue weighted by atomic mass is 35.5. The fourth-order valence-electron chi connectivity index (χ4n) is 4.39. The number of benzene rings is 3. The van der Waals surface area contributed by atoms with Crippen LogP contribution in [0.4, 0.5) is 11.4 Å². The van der Waals surface area contributed by atoms with Gasteiger partial charge in [-0.15, -0.1) is 0 Å². The maximum absolute atomic E-state index is 13.6. The molecule has 0 radical (unpaired) electrons. The summed E-state index contributed by atoms with van der Waals surface area (Å²) in [5, 5.41) is 6.97. The minimum atomic E-state index is -0.691. The van der Waals surface area contributed by atoms with Gasteiger partial charge in [0.1, 0.15) is 0 Å². The van der Waals surface area contributed by atoms with E-state index in [9.17, 15) is 9.59 Å². The highest BCUT2D eigenvalue weighted by molar-refractivity contribution is 6.33. The highest BCUT2D eigenvalue weighted by Gasteiger charge is 2.43. The zero-order chi connectivity index (χ0) is 23.3. The summed E-state index contributed by atoms with van der Waals surface area (Å²) in [6, 6.07) is 25.4. The van der Waals surface area contributed by atoms with Gasteiger partial charge < -0.3 is 15.5 Å². The largest absolute Gasteiger partial charge is 0.380 e. The van der Waals surface area contributed by atoms with Gasteiger partial charge in [-0.3, -0.25) is 9.59 Å². The Morgan fingerprint density at radius 2 is 1.58 bits per heavy atom. The van der Waals surface area contributed by atoms with Crippen molar-refractivity contribution >= 4 is 34.8 Å². The summed E-state index contributed by atoms with van der Waals surface area (Å²) in [5.74, 6) is -0.0274. The van der Waals surface area contributed by atoms with Crippen LogP contribution >= 0.6 is 11.6 Å². The standard InChI is InChI=1S/C27H28ClN3O2/c1-20(32)31-16-14-27(15-17-31,22-10-6-3-7-11-22)26(33)30-23-12-13-25(24(28)18-23)29-19-21-8-4-2-5-9-21/h2-13,18,29H,14-17,19H2,1H3,(H,30,33). The molecule has 3 aromatic carbocycles. The van der Waals surface area contributed by atoms with Crippen LogP contribution in [0.15, 0.2) is 78.9 Å². The minimum Gasteiger partial charge on any atom is -0.380 e. The molecule has 33 heavy (non-hydrogen) atoms. The number of carbonyl (C=O) groups is 2. The lowest BCUT2D eigenvalue weighted by molar-refractivity contribution is -0.133. The Hall–Kier alpha value is -3.31. The summed E-state index contributed by atoms with van der Waals surface area (Å²) in [7, 11) is 0. The molecule has 0 saturated carbocycles. The van der Waals surface area contributed by atoms with Crippen molar-refractivity contribution in [2.24, 2.45) is 0 Å². The topological polar surface area (TPSA) is 61.4 Å². The molecule has 1 fully saturated rings. The van der Waals surface area contributed by atoms with Crippen LogP contribution in [-0.2, 0) is 21.5 Å². The Kier molecular flexibility index (Phi) is 6.99. The van der Waals surface area contributed by atoms with E-state index in [2.05, 4.69) is 22.8 Å². The summed E-state index contributed by atoms with van der Waals surface area (Å²) >= 11 is 6.51. The molecule has 0 unspecified atom stereocenters. The second-order valence-corrected chi connectivity index (χ2v) is 8.85. The molecule has 170 valence electrons. The molecule has 1 heterocycles. The number of rotatable bonds is 6. The zero-order valence-corrected chi connectivity index (χ0v) is 19.4. The smallest absolute Gasteiger partial charge is 0.235 e. The lowest BCUT2D eigenvalue weighted by atomic mass is 9.72. The molecular formula is C27H28ClN3O2. The number of hydrogen-bond acceptors (Lipinski definition) is 3. The van der Waals surface area contributed by atoms with Crippen LogP contribution < -0.4 is 10.6 Å². The van der Waals surface area contributed by atoms with E-state index in [0.29, 0.717) is 43.2 Å². The second-order valence-electron chi connectivity index (χ2n) is 8.44. The fourth-order valence-corrected chi connectivity index (χ4v) is 4.63. The van der Waals surface area contributed by atoms with Crippen molar-refractivity contribution in [3.8, 4) is 0 Å². The summed E-state index contributed by atoms with van der Waals surface area (Å²) < 4.78 is 0. The average molecular weight is 462 g/mol. The van der Waals surface area contributed by atoms with Crippen LogP contribution in [0.3, 0.4) is 0 Å². The molecule has 0 bridgehead atoms. The van der Waals surface area contributed by atoms with E-state index >= 15 is 0 Å². The molecule has 2 amide bonds. The summed E-state index contributed by atoms with van der Waals surface area (Å²) in [4.78, 5) is 27.2. The molecule has 1 saturated heterocycles. The molecular weight excluding hydrogens is 434 g/mol. The van der Waals surface area contributed by atoms with Gasteiger partial charge in [0.2, 0.25) is 11.8 Å². The molecule has 0 aromatic heterocycles. The first-order valence-corrected chi connectivity index (χ1v) is 11.6. The third-order valence-electron chi connectivity index (χ3n) is 6.38. The maximum atomic E-state index is 13.6. The lowest BCUT2D eigenvalue weighted by Gasteiger charge is -2.40. The highest BCUT2D eigenvalue weighted by Crippen LogP contribution is 2.37. The van der Waals surface area contributed by atoms with Gasteiger partial charge in [0, 0.05) is 32.2 Å². The van der Waals surface area contributed by atoms with Crippen LogP contribution in [0, 0.1) is 0 Å². The predicted molar refractivity (Wildman–Crippen MR) is 133 cm³/mol. The number of likely N-dealkylation sites (tertiary alicyclic amines) is 1. The predicted octanol–water partition coefficient (Wildman–Crippen LogP) is 5.47. The number of hydrogen-bond donors (Lipinski definition) is 2. The van der Waals surface area contributed by atoms with Crippen molar-refractivity contribution in [3.05, 3.63) is 95.0 Å². The lowest BCUT2D eigenvalue weighted by Crippen LogP contribution is -2.50. The Morgan fingerprint density at radius 3 is 2.18 bits per heavy atom. The van der Waals surface area contributed by atoms with E-state index in [1.54, 1.807) is 17.9 Å². The van der Waals surface area contributed by atoms with Crippen molar-refractivity contribution in [1.29, 1.82) is 0 Å². The monoisotopic (exact) mass is 461 g/mol. The van der Waals surface area contributed by atoms with Crippen molar-refractivity contribution in [2.45, 2.75) is 31.7 Å². The number of carbonyl (C=O) groups excluding carboxylic acids is 2. The van der Waals surface area contributed by atoms with E-state index in [4.69, 9.17) is 11.6 Å². The molecule has 0 spiro atoms. The minimum absolute atomic E-state index is 0.0439. The average Bonchev–Trinajstić information content (AvgIpc) is 2.84. The first-order chi connectivity index (χ1) is 16.0. The quantitative estimate of drug-likeness (QED) is 0.511. The normalized spacial score (nSPS) is 15.0. The van der Waals surface area contributed by atoms with Gasteiger partial charge in [-0.1, -0.05) is 72.3 Å². The van der Waals surface area contributed by atoms with Gasteiger partial charge in [0.15, 0.2) is 0 Å². The van der Waals surface area contributed by atoms with Gasteiger partial charge in [-0.2, -0.15) is 0 Å². The molecule has 3 aromatic rings.